The molecule has 2 rings (SSSR count). The lowest BCUT2D eigenvalue weighted by molar-refractivity contribution is 0.523. The van der Waals surface area contributed by atoms with Crippen LogP contribution in [0.2, 0.25) is 0 Å². The number of benzene rings is 1. The molecule has 0 atom stereocenters. The summed E-state index contributed by atoms with van der Waals surface area (Å²) in [7, 11) is 0. The molecule has 2 N–H and O–H groups in total. The van der Waals surface area contributed by atoms with E-state index in [0.717, 1.165) is 23.2 Å². The largest absolute Gasteiger partial charge is 0.336 e. The first kappa shape index (κ1) is 13.9. The van der Waals surface area contributed by atoms with E-state index in [2.05, 4.69) is 55.2 Å². The van der Waals surface area contributed by atoms with Crippen LogP contribution in [0.3, 0.4) is 0 Å². The molecule has 0 radical (unpaired) electrons. The third-order valence-corrected chi connectivity index (χ3v) is 3.74. The molecule has 2 aromatic rings. The molecule has 0 fully saturated rings. The fraction of sp³-hybridized carbons (Fsp3) is 0.429. The van der Waals surface area contributed by atoms with Gasteiger partial charge in [-0.05, 0) is 12.0 Å². The highest BCUT2D eigenvalue weighted by molar-refractivity contribution is 7.99. The van der Waals surface area contributed by atoms with E-state index in [1.807, 2.05) is 6.07 Å². The van der Waals surface area contributed by atoms with E-state index in [4.69, 9.17) is 5.84 Å². The molecule has 0 spiro atoms. The fourth-order valence-corrected chi connectivity index (χ4v) is 2.64. The predicted molar refractivity (Wildman–Crippen MR) is 79.7 cm³/mol. The van der Waals surface area contributed by atoms with Crippen molar-refractivity contribution in [2.24, 2.45) is 0 Å². The molecule has 5 heteroatoms. The highest BCUT2D eigenvalue weighted by atomic mass is 32.2. The number of nitrogen functional groups attached to an aromatic ring is 1. The molecular weight excluding hydrogens is 256 g/mol. The van der Waals surface area contributed by atoms with Gasteiger partial charge in [-0.15, -0.1) is 10.2 Å². The molecule has 19 heavy (non-hydrogen) atoms. The third kappa shape index (κ3) is 3.50. The van der Waals surface area contributed by atoms with E-state index in [-0.39, 0.29) is 5.41 Å². The summed E-state index contributed by atoms with van der Waals surface area (Å²) in [5.41, 5.74) is 1.24. The number of aryl methyl sites for hydroxylation is 1. The van der Waals surface area contributed by atoms with E-state index < -0.39 is 0 Å². The van der Waals surface area contributed by atoms with Crippen LogP contribution in [0.5, 0.6) is 0 Å². The number of hydrogen-bond donors (Lipinski definition) is 1. The zero-order chi connectivity index (χ0) is 13.9. The highest BCUT2D eigenvalue weighted by Crippen LogP contribution is 2.23. The van der Waals surface area contributed by atoms with Crippen molar-refractivity contribution in [3.05, 3.63) is 41.7 Å². The minimum atomic E-state index is -0.0833. The Balaban J connectivity index is 1.96. The lowest BCUT2D eigenvalue weighted by atomic mass is 9.96. The maximum atomic E-state index is 6.04. The first-order chi connectivity index (χ1) is 8.98. The van der Waals surface area contributed by atoms with E-state index in [1.54, 1.807) is 16.4 Å². The Morgan fingerprint density at radius 3 is 2.42 bits per heavy atom. The maximum absolute atomic E-state index is 6.04. The van der Waals surface area contributed by atoms with Gasteiger partial charge in [0.1, 0.15) is 0 Å². The quantitative estimate of drug-likeness (QED) is 0.689. The van der Waals surface area contributed by atoms with Crippen LogP contribution >= 0.6 is 11.8 Å². The smallest absolute Gasteiger partial charge is 0.209 e. The molecule has 1 heterocycles. The van der Waals surface area contributed by atoms with Crippen LogP contribution in [-0.4, -0.2) is 20.6 Å². The lowest BCUT2D eigenvalue weighted by Crippen LogP contribution is -2.24. The Morgan fingerprint density at radius 1 is 1.16 bits per heavy atom. The van der Waals surface area contributed by atoms with Gasteiger partial charge in [0.25, 0.3) is 0 Å². The van der Waals surface area contributed by atoms with Gasteiger partial charge in [0.05, 0.1) is 0 Å². The number of aromatic nitrogens is 3. The van der Waals surface area contributed by atoms with E-state index in [9.17, 15) is 0 Å². The van der Waals surface area contributed by atoms with Gasteiger partial charge in [-0.1, -0.05) is 62.9 Å². The van der Waals surface area contributed by atoms with Crippen LogP contribution < -0.4 is 5.84 Å². The molecule has 1 aromatic heterocycles. The number of nitrogens with two attached hydrogens (primary N) is 1. The summed E-state index contributed by atoms with van der Waals surface area (Å²) in [6, 6.07) is 10.4. The van der Waals surface area contributed by atoms with Gasteiger partial charge in [0.2, 0.25) is 5.16 Å². The average molecular weight is 276 g/mol. The van der Waals surface area contributed by atoms with Crippen LogP contribution in [-0.2, 0) is 11.8 Å². The van der Waals surface area contributed by atoms with Crippen molar-refractivity contribution in [3.63, 3.8) is 0 Å². The molecule has 0 bridgehead atoms. The molecule has 0 saturated carbocycles. The molecule has 102 valence electrons. The van der Waals surface area contributed by atoms with Gasteiger partial charge < -0.3 is 5.84 Å². The Hall–Kier alpha value is -1.49. The minimum Gasteiger partial charge on any atom is -0.336 e. The monoisotopic (exact) mass is 276 g/mol. The van der Waals surface area contributed by atoms with Gasteiger partial charge in [0.15, 0.2) is 5.82 Å². The van der Waals surface area contributed by atoms with E-state index in [1.165, 1.54) is 5.56 Å². The van der Waals surface area contributed by atoms with Crippen molar-refractivity contribution in [3.8, 4) is 0 Å². The second-order valence-corrected chi connectivity index (χ2v) is 6.57. The van der Waals surface area contributed by atoms with Crippen molar-refractivity contribution < 1.29 is 0 Å². The van der Waals surface area contributed by atoms with Crippen molar-refractivity contribution in [2.75, 3.05) is 11.6 Å². The summed E-state index contributed by atoms with van der Waals surface area (Å²) in [4.78, 5) is 0. The molecule has 0 aliphatic heterocycles. The molecule has 0 saturated heterocycles. The normalized spacial score (nSPS) is 11.7. The molecule has 1 aromatic carbocycles. The van der Waals surface area contributed by atoms with Gasteiger partial charge >= 0.3 is 0 Å². The van der Waals surface area contributed by atoms with Crippen molar-refractivity contribution >= 4 is 11.8 Å². The number of nitrogens with zero attached hydrogens (tertiary/aromatic N) is 3. The van der Waals surface area contributed by atoms with Crippen LogP contribution in [0, 0.1) is 0 Å². The van der Waals surface area contributed by atoms with Gasteiger partial charge in [-0.2, -0.15) is 0 Å². The maximum Gasteiger partial charge on any atom is 0.209 e. The summed E-state index contributed by atoms with van der Waals surface area (Å²) < 4.78 is 1.61. The van der Waals surface area contributed by atoms with Gasteiger partial charge in [-0.3, -0.25) is 0 Å². The zero-order valence-electron chi connectivity index (χ0n) is 11.6. The minimum absolute atomic E-state index is 0.0833. The molecular formula is C14H20N4S. The van der Waals surface area contributed by atoms with Crippen LogP contribution in [0.25, 0.3) is 0 Å². The number of thioether (sulfide) groups is 1. The summed E-state index contributed by atoms with van der Waals surface area (Å²) in [6.45, 7) is 6.25. The standard InChI is InChI=1S/C14H20N4S/c1-14(2,3)12-16-17-13(18(12)15)19-10-9-11-7-5-4-6-8-11/h4-8H,9-10,15H2,1-3H3. The van der Waals surface area contributed by atoms with Gasteiger partial charge in [0, 0.05) is 11.2 Å². The Morgan fingerprint density at radius 2 is 1.84 bits per heavy atom. The topological polar surface area (TPSA) is 56.7 Å². The van der Waals surface area contributed by atoms with Crippen molar-refractivity contribution in [2.45, 2.75) is 37.8 Å². The number of rotatable bonds is 4. The SMILES string of the molecule is CC(C)(C)c1nnc(SCCc2ccccc2)n1N. The zero-order valence-corrected chi connectivity index (χ0v) is 12.4. The summed E-state index contributed by atoms with van der Waals surface area (Å²) in [6.07, 6.45) is 1.00. The van der Waals surface area contributed by atoms with Crippen LogP contribution in [0.1, 0.15) is 32.2 Å². The Bertz CT molecular complexity index is 528. The molecule has 0 amide bonds. The first-order valence-electron chi connectivity index (χ1n) is 6.36. The second kappa shape index (κ2) is 5.65. The lowest BCUT2D eigenvalue weighted by Gasteiger charge is -2.16. The van der Waals surface area contributed by atoms with E-state index in [0.29, 0.717) is 0 Å². The Kier molecular flexibility index (Phi) is 4.14. The van der Waals surface area contributed by atoms with Crippen LogP contribution in [0.15, 0.2) is 35.5 Å². The van der Waals surface area contributed by atoms with Crippen LogP contribution in [0.4, 0.5) is 0 Å². The molecule has 0 aliphatic rings. The molecule has 0 unspecified atom stereocenters. The summed E-state index contributed by atoms with van der Waals surface area (Å²) in [5, 5.41) is 9.12. The molecule has 0 aliphatic carbocycles. The second-order valence-electron chi connectivity index (χ2n) is 5.51. The van der Waals surface area contributed by atoms with Gasteiger partial charge in [-0.25, -0.2) is 4.68 Å². The van der Waals surface area contributed by atoms with Crippen molar-refractivity contribution in [1.29, 1.82) is 0 Å². The third-order valence-electron chi connectivity index (χ3n) is 2.80. The highest BCUT2D eigenvalue weighted by Gasteiger charge is 2.22. The Labute approximate surface area is 118 Å². The predicted octanol–water partition coefficient (Wildman–Crippen LogP) is 2.62. The summed E-state index contributed by atoms with van der Waals surface area (Å²) >= 11 is 1.64. The van der Waals surface area contributed by atoms with E-state index >= 15 is 0 Å². The molecule has 4 nitrogen and oxygen atoms in total. The number of hydrogen-bond acceptors (Lipinski definition) is 4. The fourth-order valence-electron chi connectivity index (χ4n) is 1.79. The summed E-state index contributed by atoms with van der Waals surface area (Å²) in [5.74, 6) is 7.80. The van der Waals surface area contributed by atoms with Crippen molar-refractivity contribution in [1.82, 2.24) is 14.9 Å². The first-order valence-corrected chi connectivity index (χ1v) is 7.35. The average Bonchev–Trinajstić information content (AvgIpc) is 2.72.